The Morgan fingerprint density at radius 3 is 2.85 bits per heavy atom. The van der Waals surface area contributed by atoms with E-state index in [2.05, 4.69) is 15.3 Å². The molecule has 0 spiro atoms. The Balaban J connectivity index is 1.48. The molecule has 4 nitrogen and oxygen atoms in total. The normalized spacial score (nSPS) is 11.0. The van der Waals surface area contributed by atoms with Gasteiger partial charge in [-0.3, -0.25) is 4.79 Å². The van der Waals surface area contributed by atoms with Gasteiger partial charge < -0.3 is 10.3 Å². The Morgan fingerprint density at radius 1 is 1.22 bits per heavy atom. The van der Waals surface area contributed by atoms with Crippen molar-refractivity contribution in [2.75, 3.05) is 6.54 Å². The number of nitrogens with zero attached hydrogens (tertiary/aromatic N) is 1. The first-order chi connectivity index (χ1) is 13.1. The molecule has 2 N–H and O–H groups in total. The van der Waals surface area contributed by atoms with Gasteiger partial charge in [-0.15, -0.1) is 0 Å². The number of aromatic nitrogens is 2. The van der Waals surface area contributed by atoms with E-state index in [0.29, 0.717) is 28.0 Å². The number of H-pyrrole nitrogens is 1. The van der Waals surface area contributed by atoms with Crippen molar-refractivity contribution >= 4 is 39.7 Å². The topological polar surface area (TPSA) is 57.8 Å². The number of thiazole rings is 1. The molecule has 2 heterocycles. The van der Waals surface area contributed by atoms with E-state index in [-0.39, 0.29) is 11.7 Å². The maximum atomic E-state index is 13.5. The number of halogens is 2. The van der Waals surface area contributed by atoms with Gasteiger partial charge in [0.2, 0.25) is 0 Å². The second-order valence-electron chi connectivity index (χ2n) is 6.02. The lowest BCUT2D eigenvalue weighted by molar-refractivity contribution is 0.0958. The van der Waals surface area contributed by atoms with Gasteiger partial charge in [0.25, 0.3) is 5.91 Å². The van der Waals surface area contributed by atoms with Crippen LogP contribution in [0.2, 0.25) is 4.47 Å². The molecule has 0 saturated heterocycles. The van der Waals surface area contributed by atoms with E-state index >= 15 is 0 Å². The van der Waals surface area contributed by atoms with Crippen LogP contribution in [0.15, 0.2) is 54.7 Å². The van der Waals surface area contributed by atoms with Crippen molar-refractivity contribution in [2.45, 2.75) is 6.42 Å². The number of hydrogen-bond acceptors (Lipinski definition) is 3. The van der Waals surface area contributed by atoms with Crippen molar-refractivity contribution in [2.24, 2.45) is 0 Å². The number of hydrogen-bond donors (Lipinski definition) is 2. The van der Waals surface area contributed by atoms with Crippen LogP contribution in [0.3, 0.4) is 0 Å². The Bertz CT molecular complexity index is 1110. The fraction of sp³-hybridized carbons (Fsp3) is 0.100. The summed E-state index contributed by atoms with van der Waals surface area (Å²) in [7, 11) is 0. The van der Waals surface area contributed by atoms with Gasteiger partial charge in [-0.2, -0.15) is 0 Å². The van der Waals surface area contributed by atoms with Gasteiger partial charge in [0.05, 0.1) is 5.69 Å². The zero-order chi connectivity index (χ0) is 18.8. The number of benzene rings is 2. The number of aromatic amines is 1. The highest BCUT2D eigenvalue weighted by atomic mass is 35.5. The van der Waals surface area contributed by atoms with E-state index in [4.69, 9.17) is 11.6 Å². The predicted molar refractivity (Wildman–Crippen MR) is 107 cm³/mol. The van der Waals surface area contributed by atoms with Crippen LogP contribution in [0.25, 0.3) is 22.2 Å². The van der Waals surface area contributed by atoms with Gasteiger partial charge in [0, 0.05) is 29.2 Å². The first kappa shape index (κ1) is 17.7. The highest BCUT2D eigenvalue weighted by Crippen LogP contribution is 2.30. The smallest absolute Gasteiger partial charge is 0.263 e. The number of nitrogens with one attached hydrogen (secondary N) is 2. The zero-order valence-electron chi connectivity index (χ0n) is 14.1. The second kappa shape index (κ2) is 7.50. The monoisotopic (exact) mass is 399 g/mol. The first-order valence-corrected chi connectivity index (χ1v) is 9.57. The van der Waals surface area contributed by atoms with Crippen molar-refractivity contribution in [3.8, 4) is 11.3 Å². The highest BCUT2D eigenvalue weighted by molar-refractivity contribution is 7.18. The third kappa shape index (κ3) is 3.72. The Labute approximate surface area is 164 Å². The van der Waals surface area contributed by atoms with E-state index in [1.807, 2.05) is 36.5 Å². The van der Waals surface area contributed by atoms with Crippen LogP contribution in [-0.2, 0) is 6.42 Å². The predicted octanol–water partition coefficient (Wildman–Crippen LogP) is 5.06. The number of carbonyl (C=O) groups excluding carboxylic acids is 1. The molecule has 0 bridgehead atoms. The average Bonchev–Trinajstić information content (AvgIpc) is 3.26. The Kier molecular flexibility index (Phi) is 4.92. The van der Waals surface area contributed by atoms with E-state index in [9.17, 15) is 9.18 Å². The quantitative estimate of drug-likeness (QED) is 0.493. The summed E-state index contributed by atoms with van der Waals surface area (Å²) >= 11 is 7.20. The molecule has 0 aliphatic heterocycles. The molecule has 2 aromatic carbocycles. The van der Waals surface area contributed by atoms with E-state index < -0.39 is 0 Å². The van der Waals surface area contributed by atoms with Crippen LogP contribution in [0, 0.1) is 5.82 Å². The van der Waals surface area contributed by atoms with Crippen molar-refractivity contribution in [3.63, 3.8) is 0 Å². The zero-order valence-corrected chi connectivity index (χ0v) is 15.7. The maximum absolute atomic E-state index is 13.5. The molecule has 0 aliphatic carbocycles. The molecular weight excluding hydrogens is 385 g/mol. The van der Waals surface area contributed by atoms with Crippen molar-refractivity contribution < 1.29 is 9.18 Å². The molecule has 7 heteroatoms. The fourth-order valence-corrected chi connectivity index (χ4v) is 4.03. The van der Waals surface area contributed by atoms with E-state index in [0.717, 1.165) is 33.4 Å². The van der Waals surface area contributed by atoms with Crippen LogP contribution in [0.5, 0.6) is 0 Å². The highest BCUT2D eigenvalue weighted by Gasteiger charge is 2.18. The fourth-order valence-electron chi connectivity index (χ4n) is 2.99. The summed E-state index contributed by atoms with van der Waals surface area (Å²) in [5.74, 6) is -0.497. The molecular formula is C20H15ClFN3OS. The largest absolute Gasteiger partial charge is 0.361 e. The number of fused-ring (bicyclic) bond motifs is 1. The van der Waals surface area contributed by atoms with Crippen LogP contribution in [0.4, 0.5) is 4.39 Å². The lowest BCUT2D eigenvalue weighted by atomic mass is 10.1. The molecule has 4 aromatic rings. The van der Waals surface area contributed by atoms with E-state index in [1.165, 1.54) is 12.1 Å². The molecule has 0 aliphatic rings. The lowest BCUT2D eigenvalue weighted by Crippen LogP contribution is -2.25. The summed E-state index contributed by atoms with van der Waals surface area (Å²) < 4.78 is 13.8. The molecule has 0 fully saturated rings. The van der Waals surface area contributed by atoms with E-state index in [1.54, 1.807) is 6.07 Å². The van der Waals surface area contributed by atoms with Gasteiger partial charge >= 0.3 is 0 Å². The molecule has 0 saturated carbocycles. The Hall–Kier alpha value is -2.70. The third-order valence-corrected chi connectivity index (χ3v) is 5.42. The van der Waals surface area contributed by atoms with Gasteiger partial charge in [-0.1, -0.05) is 53.3 Å². The molecule has 0 unspecified atom stereocenters. The van der Waals surface area contributed by atoms with Crippen molar-refractivity contribution in [1.29, 1.82) is 0 Å². The first-order valence-electron chi connectivity index (χ1n) is 8.37. The average molecular weight is 400 g/mol. The number of carbonyl (C=O) groups is 1. The molecule has 0 radical (unpaired) electrons. The minimum Gasteiger partial charge on any atom is -0.361 e. The molecule has 4 rings (SSSR count). The lowest BCUT2D eigenvalue weighted by Gasteiger charge is -2.05. The van der Waals surface area contributed by atoms with Crippen LogP contribution >= 0.6 is 22.9 Å². The standard InChI is InChI=1S/C20H15ClFN3OS/c21-20-25-17(12-4-2-1-3-5-12)18(27-20)19(26)23-9-8-13-11-24-16-7-6-14(22)10-15(13)16/h1-7,10-11,24H,8-9H2,(H,23,26). The second-order valence-corrected chi connectivity index (χ2v) is 7.60. The number of amides is 1. The summed E-state index contributed by atoms with van der Waals surface area (Å²) in [6.45, 7) is 0.423. The minimum atomic E-state index is -0.279. The summed E-state index contributed by atoms with van der Waals surface area (Å²) in [5.41, 5.74) is 3.25. The van der Waals surface area contributed by atoms with Crippen molar-refractivity contribution in [1.82, 2.24) is 15.3 Å². The third-order valence-electron chi connectivity index (χ3n) is 4.26. The maximum Gasteiger partial charge on any atom is 0.263 e. The van der Waals surface area contributed by atoms with Gasteiger partial charge in [-0.05, 0) is 30.2 Å². The minimum absolute atomic E-state index is 0.218. The molecule has 2 aromatic heterocycles. The SMILES string of the molecule is O=C(NCCc1c[nH]c2ccc(F)cc12)c1sc(Cl)nc1-c1ccccc1. The van der Waals surface area contributed by atoms with Crippen LogP contribution in [-0.4, -0.2) is 22.4 Å². The number of rotatable bonds is 5. The van der Waals surface area contributed by atoms with Crippen LogP contribution in [0.1, 0.15) is 15.2 Å². The summed E-state index contributed by atoms with van der Waals surface area (Å²) in [4.78, 5) is 20.5. The summed E-state index contributed by atoms with van der Waals surface area (Å²) in [6, 6.07) is 14.1. The summed E-state index contributed by atoms with van der Waals surface area (Å²) in [6.07, 6.45) is 2.43. The van der Waals surface area contributed by atoms with Crippen molar-refractivity contribution in [3.05, 3.63) is 75.5 Å². The molecule has 0 atom stereocenters. The summed E-state index contributed by atoms with van der Waals surface area (Å²) in [5, 5.41) is 3.73. The molecule has 136 valence electrons. The van der Waals surface area contributed by atoms with Crippen LogP contribution < -0.4 is 5.32 Å². The molecule has 1 amide bonds. The van der Waals surface area contributed by atoms with Gasteiger partial charge in [0.15, 0.2) is 4.47 Å². The molecule has 27 heavy (non-hydrogen) atoms. The van der Waals surface area contributed by atoms with Gasteiger partial charge in [-0.25, -0.2) is 9.37 Å². The van der Waals surface area contributed by atoms with Gasteiger partial charge in [0.1, 0.15) is 10.7 Å². The Morgan fingerprint density at radius 2 is 2.04 bits per heavy atom.